The largest absolute Gasteiger partial charge is 0.508 e. The minimum Gasteiger partial charge on any atom is -0.508 e. The highest BCUT2D eigenvalue weighted by molar-refractivity contribution is 8.01. The molecule has 0 fully saturated rings. The van der Waals surface area contributed by atoms with Gasteiger partial charge in [0.05, 0.1) is 0 Å². The van der Waals surface area contributed by atoms with E-state index in [9.17, 15) is 15.0 Å². The Morgan fingerprint density at radius 3 is 2.45 bits per heavy atom. The Morgan fingerprint density at radius 1 is 1.20 bits per heavy atom. The van der Waals surface area contributed by atoms with Crippen LogP contribution in [0.4, 0.5) is 0 Å². The number of phenols is 1. The highest BCUT2D eigenvalue weighted by Gasteiger charge is 2.29. The number of thioether (sulfide) groups is 1. The summed E-state index contributed by atoms with van der Waals surface area (Å²) in [4.78, 5) is 16.2. The van der Waals surface area contributed by atoms with E-state index in [-0.39, 0.29) is 5.75 Å². The van der Waals surface area contributed by atoms with Gasteiger partial charge in [-0.25, -0.2) is 0 Å². The molecule has 0 bridgehead atoms. The molecule has 1 aromatic heterocycles. The third-order valence-electron chi connectivity index (χ3n) is 2.84. The van der Waals surface area contributed by atoms with E-state index in [0.29, 0.717) is 0 Å². The molecule has 0 atom stereocenters. The summed E-state index contributed by atoms with van der Waals surface area (Å²) in [5.74, 6) is -0.673. The van der Waals surface area contributed by atoms with Gasteiger partial charge in [-0.1, -0.05) is 12.1 Å². The Hall–Kier alpha value is -2.01. The van der Waals surface area contributed by atoms with Crippen LogP contribution in [0.3, 0.4) is 0 Å². The van der Waals surface area contributed by atoms with Crippen molar-refractivity contribution < 1.29 is 15.0 Å². The molecule has 2 aromatic rings. The third kappa shape index (κ3) is 3.11. The van der Waals surface area contributed by atoms with Crippen LogP contribution in [-0.4, -0.2) is 25.9 Å². The molecule has 0 saturated heterocycles. The number of carboxylic acid groups (broad SMARTS) is 1. The first-order valence-electron chi connectivity index (χ1n) is 6.06. The van der Waals surface area contributed by atoms with Gasteiger partial charge in [0.15, 0.2) is 0 Å². The normalized spacial score (nSPS) is 11.3. The molecule has 5 heteroatoms. The van der Waals surface area contributed by atoms with E-state index >= 15 is 0 Å². The summed E-state index contributed by atoms with van der Waals surface area (Å²) in [6.07, 6.45) is 3.34. The van der Waals surface area contributed by atoms with Crippen LogP contribution in [0.2, 0.25) is 0 Å². The van der Waals surface area contributed by atoms with Crippen LogP contribution in [0.25, 0.3) is 11.1 Å². The zero-order chi connectivity index (χ0) is 14.8. The fraction of sp³-hybridized carbons (Fsp3) is 0.200. The van der Waals surface area contributed by atoms with Gasteiger partial charge in [-0.05, 0) is 37.6 Å². The van der Waals surface area contributed by atoms with Crippen molar-refractivity contribution in [3.63, 3.8) is 0 Å². The lowest BCUT2D eigenvalue weighted by atomic mass is 10.1. The van der Waals surface area contributed by atoms with Gasteiger partial charge < -0.3 is 10.2 Å². The van der Waals surface area contributed by atoms with Crippen LogP contribution in [0.15, 0.2) is 47.6 Å². The summed E-state index contributed by atoms with van der Waals surface area (Å²) in [6.45, 7) is 3.34. The molecular formula is C15H15NO3S. The van der Waals surface area contributed by atoms with Gasteiger partial charge >= 0.3 is 5.97 Å². The minimum atomic E-state index is -0.924. The number of rotatable bonds is 4. The Balaban J connectivity index is 2.41. The van der Waals surface area contributed by atoms with Gasteiger partial charge in [-0.15, -0.1) is 11.8 Å². The molecule has 2 rings (SSSR count). The first-order chi connectivity index (χ1) is 9.40. The highest BCUT2D eigenvalue weighted by Crippen LogP contribution is 2.38. The number of benzene rings is 1. The minimum absolute atomic E-state index is 0.192. The fourth-order valence-corrected chi connectivity index (χ4v) is 2.69. The highest BCUT2D eigenvalue weighted by atomic mass is 32.2. The number of nitrogens with zero attached hydrogens (tertiary/aromatic N) is 1. The van der Waals surface area contributed by atoms with E-state index < -0.39 is 10.7 Å². The number of pyridine rings is 1. The van der Waals surface area contributed by atoms with E-state index in [1.165, 1.54) is 11.8 Å². The molecule has 0 aliphatic carbocycles. The van der Waals surface area contributed by atoms with Crippen molar-refractivity contribution >= 4 is 17.7 Å². The maximum absolute atomic E-state index is 11.2. The Bertz CT molecular complexity index is 623. The van der Waals surface area contributed by atoms with Crippen LogP contribution in [0.1, 0.15) is 13.8 Å². The van der Waals surface area contributed by atoms with E-state index in [1.807, 2.05) is 0 Å². The zero-order valence-corrected chi connectivity index (χ0v) is 12.0. The third-order valence-corrected chi connectivity index (χ3v) is 4.10. The number of aliphatic carboxylic acids is 1. The molecule has 0 aliphatic rings. The lowest BCUT2D eigenvalue weighted by Gasteiger charge is -2.20. The SMILES string of the molecule is CC(C)(Sc1ccncc1-c1ccc(O)cc1)C(=O)O. The average Bonchev–Trinajstić information content (AvgIpc) is 2.40. The lowest BCUT2D eigenvalue weighted by molar-refractivity contribution is -0.138. The maximum Gasteiger partial charge on any atom is 0.319 e. The second-order valence-corrected chi connectivity index (χ2v) is 6.50. The number of aromatic hydroxyl groups is 1. The molecule has 20 heavy (non-hydrogen) atoms. The van der Waals surface area contributed by atoms with Crippen molar-refractivity contribution in [2.75, 3.05) is 0 Å². The van der Waals surface area contributed by atoms with Gasteiger partial charge in [0, 0.05) is 22.9 Å². The fourth-order valence-electron chi connectivity index (χ4n) is 1.65. The number of aromatic nitrogens is 1. The standard InChI is InChI=1S/C15H15NO3S/c1-15(2,14(18)19)20-13-7-8-16-9-12(13)10-3-5-11(17)6-4-10/h3-9,17H,1-2H3,(H,18,19). The monoisotopic (exact) mass is 289 g/mol. The van der Waals surface area contributed by atoms with Crippen LogP contribution >= 0.6 is 11.8 Å². The Kier molecular flexibility index (Phi) is 3.99. The van der Waals surface area contributed by atoms with Crippen molar-refractivity contribution in [1.82, 2.24) is 4.98 Å². The topological polar surface area (TPSA) is 70.4 Å². The quantitative estimate of drug-likeness (QED) is 0.844. The average molecular weight is 289 g/mol. The van der Waals surface area contributed by atoms with E-state index in [1.54, 1.807) is 56.6 Å². The van der Waals surface area contributed by atoms with Crippen molar-refractivity contribution in [3.8, 4) is 16.9 Å². The molecule has 4 nitrogen and oxygen atoms in total. The summed E-state index contributed by atoms with van der Waals surface area (Å²) in [5.41, 5.74) is 1.74. The lowest BCUT2D eigenvalue weighted by Crippen LogP contribution is -2.27. The maximum atomic E-state index is 11.2. The van der Waals surface area contributed by atoms with Crippen molar-refractivity contribution in [1.29, 1.82) is 0 Å². The summed E-state index contributed by atoms with van der Waals surface area (Å²) >= 11 is 1.28. The first-order valence-corrected chi connectivity index (χ1v) is 6.87. The van der Waals surface area contributed by atoms with Crippen molar-refractivity contribution in [2.45, 2.75) is 23.5 Å². The summed E-state index contributed by atoms with van der Waals surface area (Å²) < 4.78 is -0.924. The first kappa shape index (κ1) is 14.4. The molecule has 0 unspecified atom stereocenters. The second kappa shape index (κ2) is 5.54. The summed E-state index contributed by atoms with van der Waals surface area (Å²) in [5, 5.41) is 18.6. The predicted molar refractivity (Wildman–Crippen MR) is 78.9 cm³/mol. The van der Waals surface area contributed by atoms with Gasteiger partial charge in [-0.3, -0.25) is 9.78 Å². The molecule has 1 aromatic carbocycles. The van der Waals surface area contributed by atoms with E-state index in [0.717, 1.165) is 16.0 Å². The molecule has 0 amide bonds. The molecule has 104 valence electrons. The molecule has 0 saturated carbocycles. The van der Waals surface area contributed by atoms with Crippen molar-refractivity contribution in [2.24, 2.45) is 0 Å². The second-order valence-electron chi connectivity index (χ2n) is 4.84. The van der Waals surface area contributed by atoms with Gasteiger partial charge in [-0.2, -0.15) is 0 Å². The van der Waals surface area contributed by atoms with E-state index in [2.05, 4.69) is 4.98 Å². The number of hydrogen-bond acceptors (Lipinski definition) is 4. The molecule has 2 N–H and O–H groups in total. The molecule has 0 spiro atoms. The summed E-state index contributed by atoms with van der Waals surface area (Å²) in [7, 11) is 0. The number of carbonyl (C=O) groups is 1. The van der Waals surface area contributed by atoms with E-state index in [4.69, 9.17) is 0 Å². The van der Waals surface area contributed by atoms with Gasteiger partial charge in [0.2, 0.25) is 0 Å². The zero-order valence-electron chi connectivity index (χ0n) is 11.2. The van der Waals surface area contributed by atoms with Gasteiger partial charge in [0.25, 0.3) is 0 Å². The predicted octanol–water partition coefficient (Wildman–Crippen LogP) is 3.41. The van der Waals surface area contributed by atoms with Crippen LogP contribution in [0.5, 0.6) is 5.75 Å². The number of hydrogen-bond donors (Lipinski definition) is 2. The van der Waals surface area contributed by atoms with Crippen molar-refractivity contribution in [3.05, 3.63) is 42.7 Å². The van der Waals surface area contributed by atoms with Crippen LogP contribution in [0, 0.1) is 0 Å². The Morgan fingerprint density at radius 2 is 1.85 bits per heavy atom. The van der Waals surface area contributed by atoms with Gasteiger partial charge in [0.1, 0.15) is 10.5 Å². The smallest absolute Gasteiger partial charge is 0.319 e. The van der Waals surface area contributed by atoms with Crippen LogP contribution in [-0.2, 0) is 4.79 Å². The number of carboxylic acids is 1. The summed E-state index contributed by atoms with van der Waals surface area (Å²) in [6, 6.07) is 8.56. The molecular weight excluding hydrogens is 274 g/mol. The number of phenolic OH excluding ortho intramolecular Hbond substituents is 1. The Labute approximate surface area is 121 Å². The molecule has 0 aliphatic heterocycles. The molecule has 0 radical (unpaired) electrons. The molecule has 1 heterocycles. The van der Waals surface area contributed by atoms with Crippen LogP contribution < -0.4 is 0 Å².